The number of aryl methyl sites for hydroxylation is 1. The highest BCUT2D eigenvalue weighted by atomic mass is 32.2. The fourth-order valence-electron chi connectivity index (χ4n) is 2.76. The van der Waals surface area contributed by atoms with Crippen molar-refractivity contribution in [3.8, 4) is 0 Å². The minimum atomic E-state index is 0.704. The number of pyridine rings is 1. The van der Waals surface area contributed by atoms with E-state index in [9.17, 15) is 0 Å². The van der Waals surface area contributed by atoms with Crippen LogP contribution >= 0.6 is 11.8 Å². The van der Waals surface area contributed by atoms with Crippen LogP contribution in [0.3, 0.4) is 0 Å². The molecule has 1 unspecified atom stereocenters. The second-order valence-corrected chi connectivity index (χ2v) is 7.73. The summed E-state index contributed by atoms with van der Waals surface area (Å²) in [7, 11) is 0. The number of nitrogens with zero attached hydrogens (tertiary/aromatic N) is 3. The number of guanidine groups is 1. The molecule has 0 radical (unpaired) electrons. The van der Waals surface area contributed by atoms with E-state index >= 15 is 0 Å². The minimum Gasteiger partial charge on any atom is -0.357 e. The molecule has 0 aliphatic carbocycles. The first-order chi connectivity index (χ1) is 11.1. The third-order valence-corrected chi connectivity index (χ3v) is 5.79. The van der Waals surface area contributed by atoms with E-state index in [1.165, 1.54) is 16.9 Å². The van der Waals surface area contributed by atoms with Gasteiger partial charge in [-0.3, -0.25) is 9.98 Å². The molecule has 1 atom stereocenters. The molecule has 2 heterocycles. The molecular formula is C18H30N4S. The van der Waals surface area contributed by atoms with Crippen LogP contribution in [-0.4, -0.2) is 53.0 Å². The second kappa shape index (κ2) is 9.16. The molecule has 128 valence electrons. The summed E-state index contributed by atoms with van der Waals surface area (Å²) in [5.41, 5.74) is 2.59. The van der Waals surface area contributed by atoms with Gasteiger partial charge >= 0.3 is 0 Å². The molecule has 4 nitrogen and oxygen atoms in total. The molecule has 2 rings (SSSR count). The Morgan fingerprint density at radius 1 is 1.52 bits per heavy atom. The van der Waals surface area contributed by atoms with E-state index in [1.54, 1.807) is 0 Å². The van der Waals surface area contributed by atoms with Crippen molar-refractivity contribution in [2.75, 3.05) is 31.9 Å². The van der Waals surface area contributed by atoms with Crippen LogP contribution < -0.4 is 5.32 Å². The van der Waals surface area contributed by atoms with Crippen molar-refractivity contribution in [2.24, 2.45) is 10.9 Å². The first-order valence-electron chi connectivity index (χ1n) is 8.66. The van der Waals surface area contributed by atoms with Crippen LogP contribution in [-0.2, 0) is 6.42 Å². The maximum atomic E-state index is 4.87. The Morgan fingerprint density at radius 3 is 3.04 bits per heavy atom. The maximum absolute atomic E-state index is 4.87. The molecule has 1 aromatic rings. The third-order valence-electron chi connectivity index (χ3n) is 4.25. The lowest BCUT2D eigenvalue weighted by molar-refractivity contribution is 0.381. The zero-order valence-electron chi connectivity index (χ0n) is 14.9. The Balaban J connectivity index is 1.98. The normalized spacial score (nSPS) is 19.3. The highest BCUT2D eigenvalue weighted by Crippen LogP contribution is 2.24. The third kappa shape index (κ3) is 5.41. The van der Waals surface area contributed by atoms with Crippen LogP contribution in [0.2, 0.25) is 0 Å². The van der Waals surface area contributed by atoms with Crippen LogP contribution in [0.15, 0.2) is 23.5 Å². The summed E-state index contributed by atoms with van der Waals surface area (Å²) in [5, 5.41) is 4.17. The van der Waals surface area contributed by atoms with Gasteiger partial charge in [0.1, 0.15) is 0 Å². The molecule has 1 aliphatic heterocycles. The highest BCUT2D eigenvalue weighted by molar-refractivity contribution is 8.00. The second-order valence-electron chi connectivity index (χ2n) is 6.39. The molecule has 23 heavy (non-hydrogen) atoms. The van der Waals surface area contributed by atoms with Crippen molar-refractivity contribution < 1.29 is 0 Å². The number of aliphatic imine (C=N–C) groups is 1. The molecule has 1 N–H and O–H groups in total. The zero-order chi connectivity index (χ0) is 16.7. The van der Waals surface area contributed by atoms with Gasteiger partial charge in [0.2, 0.25) is 0 Å². The molecule has 0 saturated carbocycles. The molecule has 0 aromatic carbocycles. The van der Waals surface area contributed by atoms with Gasteiger partial charge in [-0.15, -0.1) is 0 Å². The van der Waals surface area contributed by atoms with Gasteiger partial charge in [-0.05, 0) is 43.4 Å². The summed E-state index contributed by atoms with van der Waals surface area (Å²) in [6.07, 6.45) is 4.77. The van der Waals surface area contributed by atoms with Gasteiger partial charge in [-0.2, -0.15) is 11.8 Å². The standard InChI is InChI=1S/C18H30N4S/c1-5-20-18(22-10-11-23-17(13-22)14(2)3)21-9-7-16-6-8-19-12-15(16)4/h6,8,12,14,17H,5,7,9-11,13H2,1-4H3,(H,20,21). The number of hydrogen-bond donors (Lipinski definition) is 1. The minimum absolute atomic E-state index is 0.704. The van der Waals surface area contributed by atoms with E-state index in [1.807, 2.05) is 12.4 Å². The maximum Gasteiger partial charge on any atom is 0.193 e. The number of hydrogen-bond acceptors (Lipinski definition) is 3. The van der Waals surface area contributed by atoms with Gasteiger partial charge in [-0.25, -0.2) is 0 Å². The van der Waals surface area contributed by atoms with E-state index in [4.69, 9.17) is 4.99 Å². The van der Waals surface area contributed by atoms with Gasteiger partial charge in [0.15, 0.2) is 5.96 Å². The van der Waals surface area contributed by atoms with Gasteiger partial charge in [0.25, 0.3) is 0 Å². The van der Waals surface area contributed by atoms with Crippen molar-refractivity contribution >= 4 is 17.7 Å². The number of aromatic nitrogens is 1. The molecule has 1 fully saturated rings. The van der Waals surface area contributed by atoms with E-state index in [2.05, 4.69) is 60.7 Å². The van der Waals surface area contributed by atoms with E-state index in [-0.39, 0.29) is 0 Å². The summed E-state index contributed by atoms with van der Waals surface area (Å²) in [6.45, 7) is 12.8. The first kappa shape index (κ1) is 18.1. The average Bonchev–Trinajstić information content (AvgIpc) is 2.56. The summed E-state index contributed by atoms with van der Waals surface area (Å²) in [5.74, 6) is 2.98. The van der Waals surface area contributed by atoms with Crippen LogP contribution in [0.5, 0.6) is 0 Å². The monoisotopic (exact) mass is 334 g/mol. The Hall–Kier alpha value is -1.23. The van der Waals surface area contributed by atoms with E-state index in [0.717, 1.165) is 38.6 Å². The van der Waals surface area contributed by atoms with Gasteiger partial charge in [0, 0.05) is 49.6 Å². The van der Waals surface area contributed by atoms with Crippen molar-refractivity contribution in [1.29, 1.82) is 0 Å². The lowest BCUT2D eigenvalue weighted by Gasteiger charge is -2.36. The van der Waals surface area contributed by atoms with Crippen molar-refractivity contribution in [2.45, 2.75) is 39.4 Å². The van der Waals surface area contributed by atoms with Gasteiger partial charge < -0.3 is 10.2 Å². The summed E-state index contributed by atoms with van der Waals surface area (Å²) < 4.78 is 0. The predicted molar refractivity (Wildman–Crippen MR) is 101 cm³/mol. The summed E-state index contributed by atoms with van der Waals surface area (Å²) in [4.78, 5) is 11.5. The van der Waals surface area contributed by atoms with Crippen molar-refractivity contribution in [1.82, 2.24) is 15.2 Å². The molecule has 5 heteroatoms. The first-order valence-corrected chi connectivity index (χ1v) is 9.71. The topological polar surface area (TPSA) is 40.5 Å². The fourth-order valence-corrected chi connectivity index (χ4v) is 4.06. The van der Waals surface area contributed by atoms with Crippen molar-refractivity contribution in [3.05, 3.63) is 29.6 Å². The number of rotatable bonds is 5. The predicted octanol–water partition coefficient (Wildman–Crippen LogP) is 2.97. The molecular weight excluding hydrogens is 304 g/mol. The smallest absolute Gasteiger partial charge is 0.193 e. The zero-order valence-corrected chi connectivity index (χ0v) is 15.7. The van der Waals surface area contributed by atoms with E-state index < -0.39 is 0 Å². The molecule has 1 saturated heterocycles. The van der Waals surface area contributed by atoms with Gasteiger partial charge in [-0.1, -0.05) is 13.8 Å². The highest BCUT2D eigenvalue weighted by Gasteiger charge is 2.24. The molecule has 0 amide bonds. The van der Waals surface area contributed by atoms with Gasteiger partial charge in [0.05, 0.1) is 0 Å². The molecule has 0 spiro atoms. The quantitative estimate of drug-likeness (QED) is 0.664. The SMILES string of the molecule is CCNC(=NCCc1ccncc1C)N1CCSC(C(C)C)C1. The van der Waals surface area contributed by atoms with Crippen LogP contribution in [0, 0.1) is 12.8 Å². The molecule has 1 aliphatic rings. The number of thioether (sulfide) groups is 1. The van der Waals surface area contributed by atoms with Crippen LogP contribution in [0.25, 0.3) is 0 Å². The largest absolute Gasteiger partial charge is 0.357 e. The Morgan fingerprint density at radius 2 is 2.35 bits per heavy atom. The van der Waals surface area contributed by atoms with Crippen LogP contribution in [0.1, 0.15) is 31.9 Å². The van der Waals surface area contributed by atoms with Crippen LogP contribution in [0.4, 0.5) is 0 Å². The Bertz CT molecular complexity index is 515. The summed E-state index contributed by atoms with van der Waals surface area (Å²) in [6, 6.07) is 2.10. The number of nitrogens with one attached hydrogen (secondary N) is 1. The lowest BCUT2D eigenvalue weighted by atomic mass is 10.1. The summed E-state index contributed by atoms with van der Waals surface area (Å²) >= 11 is 2.10. The Kier molecular flexibility index (Phi) is 7.21. The Labute approximate surface area is 145 Å². The van der Waals surface area contributed by atoms with Crippen molar-refractivity contribution in [3.63, 3.8) is 0 Å². The average molecular weight is 335 g/mol. The lowest BCUT2D eigenvalue weighted by Crippen LogP contribution is -2.49. The van der Waals surface area contributed by atoms with E-state index in [0.29, 0.717) is 11.2 Å². The fraction of sp³-hybridized carbons (Fsp3) is 0.667. The molecule has 0 bridgehead atoms. The molecule has 1 aromatic heterocycles.